The van der Waals surface area contributed by atoms with E-state index in [1.165, 1.54) is 22.3 Å². The van der Waals surface area contributed by atoms with Gasteiger partial charge < -0.3 is 5.11 Å². The number of hydrogen-bond acceptors (Lipinski definition) is 1. The van der Waals surface area contributed by atoms with Gasteiger partial charge in [0, 0.05) is 5.41 Å². The summed E-state index contributed by atoms with van der Waals surface area (Å²) in [7, 11) is 0. The second-order valence-electron chi connectivity index (χ2n) is 6.17. The van der Waals surface area contributed by atoms with Crippen LogP contribution in [0.1, 0.15) is 35.3 Å². The first kappa shape index (κ1) is 11.9. The van der Waals surface area contributed by atoms with E-state index >= 15 is 0 Å². The predicted molar refractivity (Wildman–Crippen MR) is 81.3 cm³/mol. The van der Waals surface area contributed by atoms with Gasteiger partial charge in [-0.25, -0.2) is 0 Å². The molecule has 20 heavy (non-hydrogen) atoms. The number of aliphatic hydroxyl groups excluding tert-OH is 1. The van der Waals surface area contributed by atoms with Gasteiger partial charge in [0.05, 0.1) is 6.10 Å². The summed E-state index contributed by atoms with van der Waals surface area (Å²) in [4.78, 5) is 0. The predicted octanol–water partition coefficient (Wildman–Crippen LogP) is 3.92. The van der Waals surface area contributed by atoms with Gasteiger partial charge in [0.15, 0.2) is 0 Å². The summed E-state index contributed by atoms with van der Waals surface area (Å²) in [6, 6.07) is 16.9. The van der Waals surface area contributed by atoms with E-state index in [1.807, 2.05) is 6.07 Å². The van der Waals surface area contributed by atoms with Crippen molar-refractivity contribution in [2.45, 2.75) is 25.9 Å². The van der Waals surface area contributed by atoms with Crippen LogP contribution in [0.5, 0.6) is 0 Å². The minimum absolute atomic E-state index is 0.198. The molecule has 0 saturated carbocycles. The van der Waals surface area contributed by atoms with Crippen LogP contribution in [0.4, 0.5) is 0 Å². The first-order valence-electron chi connectivity index (χ1n) is 7.25. The number of allylic oxidation sites excluding steroid dienone is 1. The molecule has 1 N–H and O–H groups in total. The summed E-state index contributed by atoms with van der Waals surface area (Å²) in [5.41, 5.74) is 6.20. The third-order valence-corrected chi connectivity index (χ3v) is 4.96. The van der Waals surface area contributed by atoms with Crippen molar-refractivity contribution >= 4 is 5.57 Å². The highest BCUT2D eigenvalue weighted by Crippen LogP contribution is 2.54. The van der Waals surface area contributed by atoms with E-state index < -0.39 is 6.10 Å². The zero-order valence-corrected chi connectivity index (χ0v) is 11.6. The summed E-state index contributed by atoms with van der Waals surface area (Å²) < 4.78 is 0. The van der Waals surface area contributed by atoms with Crippen LogP contribution in [0.3, 0.4) is 0 Å². The summed E-state index contributed by atoms with van der Waals surface area (Å²) in [6.07, 6.45) is 3.81. The van der Waals surface area contributed by atoms with Crippen LogP contribution < -0.4 is 0 Å². The average molecular weight is 262 g/mol. The lowest BCUT2D eigenvalue weighted by Crippen LogP contribution is -2.23. The lowest BCUT2D eigenvalue weighted by Gasteiger charge is -2.31. The smallest absolute Gasteiger partial charge is 0.0889 e. The SMILES string of the molecule is CC1(C2=CCc3ccccc32)Cc2ccccc2C1O. The third-order valence-electron chi connectivity index (χ3n) is 4.96. The number of hydrogen-bond donors (Lipinski definition) is 1. The molecule has 0 radical (unpaired) electrons. The van der Waals surface area contributed by atoms with E-state index in [2.05, 4.69) is 55.5 Å². The molecule has 100 valence electrons. The van der Waals surface area contributed by atoms with Crippen molar-refractivity contribution in [1.82, 2.24) is 0 Å². The normalized spacial score (nSPS) is 27.1. The van der Waals surface area contributed by atoms with Crippen molar-refractivity contribution in [3.63, 3.8) is 0 Å². The van der Waals surface area contributed by atoms with Crippen molar-refractivity contribution < 1.29 is 5.11 Å². The van der Waals surface area contributed by atoms with Crippen LogP contribution in [0.2, 0.25) is 0 Å². The Bertz CT molecular complexity index is 713. The van der Waals surface area contributed by atoms with E-state index in [4.69, 9.17) is 0 Å². The molecule has 0 spiro atoms. The molecular weight excluding hydrogens is 244 g/mol. The van der Waals surface area contributed by atoms with Crippen LogP contribution >= 0.6 is 0 Å². The van der Waals surface area contributed by atoms with Crippen molar-refractivity contribution in [2.75, 3.05) is 0 Å². The summed E-state index contributed by atoms with van der Waals surface area (Å²) in [6.45, 7) is 2.20. The molecule has 0 aliphatic heterocycles. The number of aliphatic hydroxyl groups is 1. The molecule has 0 bridgehead atoms. The minimum atomic E-state index is -0.406. The molecule has 2 unspecified atom stereocenters. The molecule has 2 atom stereocenters. The van der Waals surface area contributed by atoms with Crippen molar-refractivity contribution in [2.24, 2.45) is 5.41 Å². The van der Waals surface area contributed by atoms with Gasteiger partial charge in [-0.15, -0.1) is 0 Å². The standard InChI is InChI=1S/C19H18O/c1-19(12-14-7-3-5-9-16(14)18(19)20)17-11-10-13-6-2-4-8-15(13)17/h2-9,11,18,20H,10,12H2,1H3. The molecule has 2 aromatic carbocycles. The molecule has 0 fully saturated rings. The highest BCUT2D eigenvalue weighted by Gasteiger charge is 2.45. The van der Waals surface area contributed by atoms with Gasteiger partial charge in [-0.05, 0) is 40.7 Å². The van der Waals surface area contributed by atoms with E-state index in [0.29, 0.717) is 0 Å². The van der Waals surface area contributed by atoms with Gasteiger partial charge in [0.2, 0.25) is 0 Å². The van der Waals surface area contributed by atoms with Crippen LogP contribution in [-0.4, -0.2) is 5.11 Å². The second-order valence-corrected chi connectivity index (χ2v) is 6.17. The summed E-state index contributed by atoms with van der Waals surface area (Å²) in [5, 5.41) is 10.8. The number of benzene rings is 2. The molecule has 4 rings (SSSR count). The van der Waals surface area contributed by atoms with E-state index in [9.17, 15) is 5.11 Å². The Kier molecular flexibility index (Phi) is 2.42. The van der Waals surface area contributed by atoms with Gasteiger partial charge in [0.25, 0.3) is 0 Å². The van der Waals surface area contributed by atoms with Crippen LogP contribution in [0.15, 0.2) is 54.6 Å². The molecule has 0 heterocycles. The van der Waals surface area contributed by atoms with Crippen LogP contribution in [0.25, 0.3) is 5.57 Å². The van der Waals surface area contributed by atoms with Gasteiger partial charge in [-0.3, -0.25) is 0 Å². The van der Waals surface area contributed by atoms with Gasteiger partial charge in [0.1, 0.15) is 0 Å². The highest BCUT2D eigenvalue weighted by atomic mass is 16.3. The third kappa shape index (κ3) is 1.47. The highest BCUT2D eigenvalue weighted by molar-refractivity contribution is 5.78. The van der Waals surface area contributed by atoms with Crippen LogP contribution in [0, 0.1) is 5.41 Å². The van der Waals surface area contributed by atoms with Crippen molar-refractivity contribution in [3.05, 3.63) is 76.9 Å². The zero-order valence-electron chi connectivity index (χ0n) is 11.6. The molecule has 0 saturated heterocycles. The first-order chi connectivity index (χ1) is 9.70. The molecule has 2 aliphatic carbocycles. The lowest BCUT2D eigenvalue weighted by atomic mass is 9.75. The Morgan fingerprint density at radius 1 is 1.00 bits per heavy atom. The Morgan fingerprint density at radius 2 is 1.70 bits per heavy atom. The molecule has 0 aromatic heterocycles. The maximum Gasteiger partial charge on any atom is 0.0889 e. The topological polar surface area (TPSA) is 20.2 Å². The van der Waals surface area contributed by atoms with Gasteiger partial charge in [-0.1, -0.05) is 61.5 Å². The Morgan fingerprint density at radius 3 is 2.50 bits per heavy atom. The van der Waals surface area contributed by atoms with E-state index in [1.54, 1.807) is 0 Å². The van der Waals surface area contributed by atoms with Crippen molar-refractivity contribution in [1.29, 1.82) is 0 Å². The fourth-order valence-electron chi connectivity index (χ4n) is 3.86. The molecule has 2 aromatic rings. The largest absolute Gasteiger partial charge is 0.387 e. The van der Waals surface area contributed by atoms with Crippen molar-refractivity contribution in [3.8, 4) is 0 Å². The Labute approximate surface area is 119 Å². The molecular formula is C19H18O. The quantitative estimate of drug-likeness (QED) is 0.825. The van der Waals surface area contributed by atoms with Gasteiger partial charge in [-0.2, -0.15) is 0 Å². The fraction of sp³-hybridized carbons (Fsp3) is 0.263. The Balaban J connectivity index is 1.82. The minimum Gasteiger partial charge on any atom is -0.387 e. The fourth-order valence-corrected chi connectivity index (χ4v) is 3.86. The molecule has 1 nitrogen and oxygen atoms in total. The zero-order chi connectivity index (χ0) is 13.7. The maximum absolute atomic E-state index is 10.8. The second kappa shape index (κ2) is 4.07. The van der Waals surface area contributed by atoms with Crippen LogP contribution in [-0.2, 0) is 12.8 Å². The molecule has 2 aliphatic rings. The van der Waals surface area contributed by atoms with Gasteiger partial charge >= 0.3 is 0 Å². The Hall–Kier alpha value is -1.86. The van der Waals surface area contributed by atoms with E-state index in [0.717, 1.165) is 18.4 Å². The molecule has 1 heteroatoms. The monoisotopic (exact) mass is 262 g/mol. The summed E-state index contributed by atoms with van der Waals surface area (Å²) >= 11 is 0. The maximum atomic E-state index is 10.8. The number of rotatable bonds is 1. The molecule has 0 amide bonds. The summed E-state index contributed by atoms with van der Waals surface area (Å²) in [5.74, 6) is 0. The lowest BCUT2D eigenvalue weighted by molar-refractivity contribution is 0.0933. The van der Waals surface area contributed by atoms with E-state index in [-0.39, 0.29) is 5.41 Å². The average Bonchev–Trinajstić information content (AvgIpc) is 3.01. The first-order valence-corrected chi connectivity index (χ1v) is 7.25. The number of fused-ring (bicyclic) bond motifs is 2.